The molecule has 1 rings (SSSR count). The topological polar surface area (TPSA) is 12.4 Å². The molecule has 0 aromatic carbocycles. The molecule has 0 aliphatic carbocycles. The Balaban J connectivity index is 2.59. The molecule has 0 saturated carbocycles. The van der Waals surface area contributed by atoms with Gasteiger partial charge in [-0.15, -0.1) is 11.8 Å². The zero-order valence-electron chi connectivity index (χ0n) is 3.79. The molecule has 0 amide bonds. The summed E-state index contributed by atoms with van der Waals surface area (Å²) in [4.78, 5) is 3.93. The highest BCUT2D eigenvalue weighted by Crippen LogP contribution is 2.19. The first-order valence-corrected chi connectivity index (χ1v) is 2.99. The molecule has 1 aliphatic rings. The molecule has 0 unspecified atom stereocenters. The Kier molecular flexibility index (Phi) is 1.52. The molecular formula is C5H5NS. The fourth-order valence-corrected chi connectivity index (χ4v) is 0.943. The minimum Gasteiger partial charge on any atom is -0.254 e. The number of nitrogens with zero attached hydrogens (tertiary/aromatic N) is 1. The predicted octanol–water partition coefficient (Wildman–Crippen LogP) is 1.36. The molecule has 0 saturated heterocycles. The van der Waals surface area contributed by atoms with Crippen molar-refractivity contribution in [3.05, 3.63) is 18.0 Å². The average Bonchev–Trinajstić information content (AvgIpc) is 2.14. The maximum Gasteiger partial charge on any atom is 0.0923 e. The molecular weight excluding hydrogens is 106 g/mol. The average molecular weight is 111 g/mol. The van der Waals surface area contributed by atoms with Crippen LogP contribution < -0.4 is 0 Å². The molecule has 1 aliphatic heterocycles. The Bertz CT molecular complexity index is 112. The standard InChI is InChI=1S/C5H5NS/c1-2-5-6-3-4-7-5/h1-3H,4H2. The van der Waals surface area contributed by atoms with Crippen LogP contribution in [0.4, 0.5) is 0 Å². The maximum atomic E-state index is 5.14. The van der Waals surface area contributed by atoms with E-state index in [1.807, 2.05) is 6.21 Å². The molecule has 1 nitrogen and oxygen atoms in total. The van der Waals surface area contributed by atoms with Crippen molar-refractivity contribution in [2.45, 2.75) is 0 Å². The number of hydrogen-bond acceptors (Lipinski definition) is 2. The minimum atomic E-state index is 0.931. The first kappa shape index (κ1) is 4.91. The number of aliphatic imine (C=N–C) groups is 1. The van der Waals surface area contributed by atoms with Gasteiger partial charge in [0.15, 0.2) is 0 Å². The Labute approximate surface area is 47.5 Å². The first-order valence-electron chi connectivity index (χ1n) is 2.00. The van der Waals surface area contributed by atoms with Gasteiger partial charge in [-0.2, -0.15) is 0 Å². The van der Waals surface area contributed by atoms with E-state index in [1.54, 1.807) is 11.8 Å². The maximum absolute atomic E-state index is 5.14. The van der Waals surface area contributed by atoms with Gasteiger partial charge in [0.2, 0.25) is 0 Å². The van der Waals surface area contributed by atoms with Gasteiger partial charge in [0.1, 0.15) is 0 Å². The van der Waals surface area contributed by atoms with E-state index in [1.165, 1.54) is 6.08 Å². The molecule has 0 aromatic heterocycles. The van der Waals surface area contributed by atoms with Gasteiger partial charge < -0.3 is 0 Å². The molecule has 0 spiro atoms. The van der Waals surface area contributed by atoms with Gasteiger partial charge in [-0.05, 0) is 13.0 Å². The van der Waals surface area contributed by atoms with Crippen LogP contribution in [0.1, 0.15) is 0 Å². The lowest BCUT2D eigenvalue weighted by atomic mass is 10.7. The third-order valence-electron chi connectivity index (χ3n) is 0.667. The van der Waals surface area contributed by atoms with E-state index in [-0.39, 0.29) is 0 Å². The zero-order chi connectivity index (χ0) is 5.11. The van der Waals surface area contributed by atoms with E-state index in [0.29, 0.717) is 0 Å². The number of allylic oxidation sites excluding steroid dienone is 1. The molecule has 2 heteroatoms. The number of hydrogen-bond donors (Lipinski definition) is 0. The van der Waals surface area contributed by atoms with Crippen LogP contribution in [0.3, 0.4) is 0 Å². The predicted molar refractivity (Wildman–Crippen MR) is 33.3 cm³/mol. The molecule has 2 radical (unpaired) electrons. The van der Waals surface area contributed by atoms with Gasteiger partial charge >= 0.3 is 0 Å². The SMILES string of the molecule is [CH]C=C1N=CCS1. The second-order valence-corrected chi connectivity index (χ2v) is 2.17. The van der Waals surface area contributed by atoms with Gasteiger partial charge in [-0.25, -0.2) is 0 Å². The van der Waals surface area contributed by atoms with Crippen LogP contribution in [0.25, 0.3) is 0 Å². The summed E-state index contributed by atoms with van der Waals surface area (Å²) in [7, 11) is 0. The smallest absolute Gasteiger partial charge is 0.0923 e. The van der Waals surface area contributed by atoms with Crippen LogP contribution in [0.2, 0.25) is 0 Å². The summed E-state index contributed by atoms with van der Waals surface area (Å²) in [6.07, 6.45) is 3.37. The van der Waals surface area contributed by atoms with Crippen LogP contribution in [0, 0.1) is 6.92 Å². The van der Waals surface area contributed by atoms with Gasteiger partial charge in [-0.1, -0.05) is 0 Å². The fraction of sp³-hybridized carbons (Fsp3) is 0.200. The zero-order valence-corrected chi connectivity index (χ0v) is 4.61. The van der Waals surface area contributed by atoms with E-state index < -0.39 is 0 Å². The van der Waals surface area contributed by atoms with E-state index in [4.69, 9.17) is 6.92 Å². The summed E-state index contributed by atoms with van der Waals surface area (Å²) in [5.41, 5.74) is 0. The molecule has 7 heavy (non-hydrogen) atoms. The summed E-state index contributed by atoms with van der Waals surface area (Å²) in [6.45, 7) is 5.14. The second kappa shape index (κ2) is 2.17. The summed E-state index contributed by atoms with van der Waals surface area (Å²) in [5.74, 6) is 0.975. The van der Waals surface area contributed by atoms with Gasteiger partial charge in [-0.3, -0.25) is 4.99 Å². The van der Waals surface area contributed by atoms with Gasteiger partial charge in [0.05, 0.1) is 5.03 Å². The highest BCUT2D eigenvalue weighted by Gasteiger charge is 1.96. The Morgan fingerprint density at radius 2 is 2.86 bits per heavy atom. The molecule has 0 N–H and O–H groups in total. The number of thioether (sulfide) groups is 1. The van der Waals surface area contributed by atoms with Crippen molar-refractivity contribution >= 4 is 18.0 Å². The third-order valence-corrected chi connectivity index (χ3v) is 1.52. The van der Waals surface area contributed by atoms with Crippen molar-refractivity contribution in [3.8, 4) is 0 Å². The summed E-state index contributed by atoms with van der Waals surface area (Å²) in [5, 5.41) is 0.931. The molecule has 1 heterocycles. The number of rotatable bonds is 0. The Hall–Kier alpha value is -0.240. The molecule has 0 bridgehead atoms. The summed E-state index contributed by atoms with van der Waals surface area (Å²) in [6, 6.07) is 0. The van der Waals surface area contributed by atoms with Gasteiger partial charge in [0, 0.05) is 12.0 Å². The lowest BCUT2D eigenvalue weighted by Gasteiger charge is -1.81. The van der Waals surface area contributed by atoms with E-state index in [9.17, 15) is 0 Å². The fourth-order valence-electron chi connectivity index (χ4n) is 0.378. The largest absolute Gasteiger partial charge is 0.254 e. The van der Waals surface area contributed by atoms with E-state index in [2.05, 4.69) is 4.99 Å². The highest BCUT2D eigenvalue weighted by molar-refractivity contribution is 8.03. The van der Waals surface area contributed by atoms with Crippen molar-refractivity contribution in [2.75, 3.05) is 5.75 Å². The normalized spacial score (nSPS) is 24.4. The van der Waals surface area contributed by atoms with Gasteiger partial charge in [0.25, 0.3) is 0 Å². The van der Waals surface area contributed by atoms with Crippen molar-refractivity contribution in [3.63, 3.8) is 0 Å². The van der Waals surface area contributed by atoms with Crippen LogP contribution >= 0.6 is 11.8 Å². The van der Waals surface area contributed by atoms with Crippen LogP contribution in [-0.2, 0) is 0 Å². The van der Waals surface area contributed by atoms with Crippen LogP contribution in [-0.4, -0.2) is 12.0 Å². The lowest BCUT2D eigenvalue weighted by Crippen LogP contribution is -1.61. The van der Waals surface area contributed by atoms with E-state index in [0.717, 1.165) is 10.8 Å². The summed E-state index contributed by atoms with van der Waals surface area (Å²) < 4.78 is 0. The quantitative estimate of drug-likeness (QED) is 0.459. The monoisotopic (exact) mass is 111 g/mol. The van der Waals surface area contributed by atoms with Crippen molar-refractivity contribution in [1.82, 2.24) is 0 Å². The van der Waals surface area contributed by atoms with Crippen molar-refractivity contribution in [2.24, 2.45) is 4.99 Å². The second-order valence-electron chi connectivity index (χ2n) is 1.13. The molecule has 36 valence electrons. The third kappa shape index (κ3) is 1.06. The van der Waals surface area contributed by atoms with Crippen molar-refractivity contribution in [1.29, 1.82) is 0 Å². The molecule has 0 fully saturated rings. The van der Waals surface area contributed by atoms with Crippen molar-refractivity contribution < 1.29 is 0 Å². The molecule has 0 aromatic rings. The summed E-state index contributed by atoms with van der Waals surface area (Å²) >= 11 is 1.66. The molecule has 0 atom stereocenters. The Morgan fingerprint density at radius 3 is 3.14 bits per heavy atom. The first-order chi connectivity index (χ1) is 3.43. The van der Waals surface area contributed by atoms with Crippen LogP contribution in [0.5, 0.6) is 0 Å². The Morgan fingerprint density at radius 1 is 2.00 bits per heavy atom. The van der Waals surface area contributed by atoms with E-state index >= 15 is 0 Å². The lowest BCUT2D eigenvalue weighted by molar-refractivity contribution is 1.56. The minimum absolute atomic E-state index is 0.931. The highest BCUT2D eigenvalue weighted by atomic mass is 32.2. The van der Waals surface area contributed by atoms with Crippen LogP contribution in [0.15, 0.2) is 16.1 Å².